The van der Waals surface area contributed by atoms with Crippen LogP contribution in [-0.2, 0) is 6.18 Å². The van der Waals surface area contributed by atoms with Gasteiger partial charge in [0.2, 0.25) is 0 Å². The van der Waals surface area contributed by atoms with E-state index in [0.717, 1.165) is 25.4 Å². The second kappa shape index (κ2) is 8.14. The van der Waals surface area contributed by atoms with Gasteiger partial charge in [0.05, 0.1) is 23.0 Å². The van der Waals surface area contributed by atoms with Crippen LogP contribution in [0.3, 0.4) is 0 Å². The number of halogens is 3. The standard InChI is InChI=1S/C20H26F3N5O/c1-14-16(18(29)25-13-19(2,3)27-9-5-4-6-10-27)12-26-28(14)17-8-7-15(11-24-17)20(21,22)23/h7-8,11-12H,4-6,9-10,13H2,1-3H3,(H,25,29). The summed E-state index contributed by atoms with van der Waals surface area (Å²) in [5, 5.41) is 7.10. The van der Waals surface area contributed by atoms with Crippen molar-refractivity contribution in [1.29, 1.82) is 0 Å². The summed E-state index contributed by atoms with van der Waals surface area (Å²) < 4.78 is 39.5. The number of amides is 1. The minimum absolute atomic E-state index is 0.158. The van der Waals surface area contributed by atoms with E-state index in [2.05, 4.69) is 34.1 Å². The lowest BCUT2D eigenvalue weighted by molar-refractivity contribution is -0.137. The molecule has 0 aromatic carbocycles. The Morgan fingerprint density at radius 3 is 2.41 bits per heavy atom. The molecule has 9 heteroatoms. The van der Waals surface area contributed by atoms with Crippen molar-refractivity contribution >= 4 is 5.91 Å². The van der Waals surface area contributed by atoms with E-state index in [0.29, 0.717) is 17.8 Å². The maximum Gasteiger partial charge on any atom is 0.417 e. The summed E-state index contributed by atoms with van der Waals surface area (Å²) in [5.74, 6) is -0.0334. The molecule has 0 saturated carbocycles. The summed E-state index contributed by atoms with van der Waals surface area (Å²) in [4.78, 5) is 18.9. The van der Waals surface area contributed by atoms with Crippen LogP contribution in [0.4, 0.5) is 13.2 Å². The van der Waals surface area contributed by atoms with Crippen molar-refractivity contribution < 1.29 is 18.0 Å². The lowest BCUT2D eigenvalue weighted by Crippen LogP contribution is -2.53. The predicted octanol–water partition coefficient (Wildman–Crippen LogP) is 3.59. The van der Waals surface area contributed by atoms with Crippen LogP contribution >= 0.6 is 0 Å². The molecular formula is C20H26F3N5O. The number of alkyl halides is 3. The quantitative estimate of drug-likeness (QED) is 0.820. The van der Waals surface area contributed by atoms with Crippen LogP contribution in [0.2, 0.25) is 0 Å². The molecule has 0 bridgehead atoms. The Labute approximate surface area is 168 Å². The highest BCUT2D eigenvalue weighted by Gasteiger charge is 2.31. The van der Waals surface area contributed by atoms with E-state index in [1.54, 1.807) is 6.92 Å². The molecule has 0 spiro atoms. The van der Waals surface area contributed by atoms with E-state index in [1.165, 1.54) is 36.2 Å². The summed E-state index contributed by atoms with van der Waals surface area (Å²) >= 11 is 0. The molecule has 1 aliphatic rings. The fraction of sp³-hybridized carbons (Fsp3) is 0.550. The first kappa shape index (κ1) is 21.3. The van der Waals surface area contributed by atoms with Gasteiger partial charge >= 0.3 is 6.18 Å². The van der Waals surface area contributed by atoms with E-state index in [9.17, 15) is 18.0 Å². The van der Waals surface area contributed by atoms with Crippen molar-refractivity contribution in [2.75, 3.05) is 19.6 Å². The van der Waals surface area contributed by atoms with Gasteiger partial charge in [-0.25, -0.2) is 9.67 Å². The summed E-state index contributed by atoms with van der Waals surface area (Å²) in [6, 6.07) is 2.19. The molecule has 2 aromatic rings. The summed E-state index contributed by atoms with van der Waals surface area (Å²) in [7, 11) is 0. The molecule has 1 aliphatic heterocycles. The maximum absolute atomic E-state index is 12.7. The van der Waals surface area contributed by atoms with E-state index >= 15 is 0 Å². The van der Waals surface area contributed by atoms with Gasteiger partial charge in [0.15, 0.2) is 5.82 Å². The first-order valence-electron chi connectivity index (χ1n) is 9.71. The SMILES string of the molecule is Cc1c(C(=O)NCC(C)(C)N2CCCCC2)cnn1-c1ccc(C(F)(F)F)cn1. The van der Waals surface area contributed by atoms with Crippen LogP contribution < -0.4 is 5.32 Å². The fourth-order valence-corrected chi connectivity index (χ4v) is 3.55. The Morgan fingerprint density at radius 2 is 1.83 bits per heavy atom. The number of hydrogen-bond acceptors (Lipinski definition) is 4. The van der Waals surface area contributed by atoms with Crippen LogP contribution in [-0.4, -0.2) is 50.7 Å². The molecule has 0 unspecified atom stereocenters. The van der Waals surface area contributed by atoms with Crippen LogP contribution in [0.15, 0.2) is 24.5 Å². The first-order chi connectivity index (χ1) is 13.6. The average molecular weight is 409 g/mol. The molecule has 0 radical (unpaired) electrons. The highest BCUT2D eigenvalue weighted by Crippen LogP contribution is 2.29. The molecular weight excluding hydrogens is 383 g/mol. The monoisotopic (exact) mass is 409 g/mol. The summed E-state index contributed by atoms with van der Waals surface area (Å²) in [6.07, 6.45) is 1.31. The number of likely N-dealkylation sites (tertiary alicyclic amines) is 1. The maximum atomic E-state index is 12.7. The lowest BCUT2D eigenvalue weighted by atomic mass is 9.98. The highest BCUT2D eigenvalue weighted by atomic mass is 19.4. The molecule has 29 heavy (non-hydrogen) atoms. The lowest BCUT2D eigenvalue weighted by Gasteiger charge is -2.41. The molecule has 158 valence electrons. The Hall–Kier alpha value is -2.42. The van der Waals surface area contributed by atoms with Crippen LogP contribution in [0.25, 0.3) is 5.82 Å². The van der Waals surface area contributed by atoms with Gasteiger partial charge in [-0.1, -0.05) is 6.42 Å². The Bertz CT molecular complexity index is 852. The number of aromatic nitrogens is 3. The third kappa shape index (κ3) is 4.77. The normalized spacial score (nSPS) is 16.1. The van der Waals surface area contributed by atoms with Crippen molar-refractivity contribution in [2.24, 2.45) is 0 Å². The van der Waals surface area contributed by atoms with Gasteiger partial charge in [-0.2, -0.15) is 18.3 Å². The topological polar surface area (TPSA) is 63.1 Å². The van der Waals surface area contributed by atoms with Crippen LogP contribution in [0.1, 0.15) is 54.7 Å². The van der Waals surface area contributed by atoms with Gasteiger partial charge in [0.1, 0.15) is 0 Å². The number of nitrogens with zero attached hydrogens (tertiary/aromatic N) is 4. The highest BCUT2D eigenvalue weighted by molar-refractivity contribution is 5.95. The van der Waals surface area contributed by atoms with Crippen molar-refractivity contribution in [3.05, 3.63) is 41.3 Å². The van der Waals surface area contributed by atoms with Crippen molar-refractivity contribution in [1.82, 2.24) is 25.0 Å². The molecule has 0 aliphatic carbocycles. The van der Waals surface area contributed by atoms with Crippen molar-refractivity contribution in [3.8, 4) is 5.82 Å². The van der Waals surface area contributed by atoms with E-state index in [4.69, 9.17) is 0 Å². The van der Waals surface area contributed by atoms with Gasteiger partial charge < -0.3 is 5.32 Å². The first-order valence-corrected chi connectivity index (χ1v) is 9.71. The third-order valence-corrected chi connectivity index (χ3v) is 5.44. The largest absolute Gasteiger partial charge is 0.417 e. The average Bonchev–Trinajstić information content (AvgIpc) is 3.08. The van der Waals surface area contributed by atoms with Gasteiger partial charge in [-0.3, -0.25) is 9.69 Å². The molecule has 0 atom stereocenters. The number of hydrogen-bond donors (Lipinski definition) is 1. The number of pyridine rings is 1. The van der Waals surface area contributed by atoms with Crippen LogP contribution in [0, 0.1) is 6.92 Å². The summed E-state index contributed by atoms with van der Waals surface area (Å²) in [5.41, 5.74) is -0.0924. The number of carbonyl (C=O) groups excluding carboxylic acids is 1. The minimum atomic E-state index is -4.45. The van der Waals surface area contributed by atoms with Crippen molar-refractivity contribution in [2.45, 2.75) is 51.7 Å². The van der Waals surface area contributed by atoms with E-state index in [-0.39, 0.29) is 17.3 Å². The molecule has 3 rings (SSSR count). The number of piperidine rings is 1. The number of carbonyl (C=O) groups is 1. The fourth-order valence-electron chi connectivity index (χ4n) is 3.55. The van der Waals surface area contributed by atoms with E-state index in [1.807, 2.05) is 0 Å². The molecule has 3 heterocycles. The Morgan fingerprint density at radius 1 is 1.14 bits per heavy atom. The summed E-state index contributed by atoms with van der Waals surface area (Å²) in [6.45, 7) is 8.47. The molecule has 1 amide bonds. The predicted molar refractivity (Wildman–Crippen MR) is 103 cm³/mol. The molecule has 1 N–H and O–H groups in total. The molecule has 2 aromatic heterocycles. The van der Waals surface area contributed by atoms with E-state index < -0.39 is 11.7 Å². The number of nitrogens with one attached hydrogen (secondary N) is 1. The van der Waals surface area contributed by atoms with Crippen LogP contribution in [0.5, 0.6) is 0 Å². The Kier molecular flexibility index (Phi) is 5.97. The zero-order valence-corrected chi connectivity index (χ0v) is 16.9. The van der Waals surface area contributed by atoms with Gasteiger partial charge in [-0.15, -0.1) is 0 Å². The third-order valence-electron chi connectivity index (χ3n) is 5.44. The van der Waals surface area contributed by atoms with Crippen molar-refractivity contribution in [3.63, 3.8) is 0 Å². The smallest absolute Gasteiger partial charge is 0.350 e. The molecule has 6 nitrogen and oxygen atoms in total. The molecule has 1 saturated heterocycles. The van der Waals surface area contributed by atoms with Gasteiger partial charge in [0, 0.05) is 18.3 Å². The Balaban J connectivity index is 1.69. The molecule has 1 fully saturated rings. The zero-order valence-electron chi connectivity index (χ0n) is 16.9. The van der Waals surface area contributed by atoms with Gasteiger partial charge in [0.25, 0.3) is 5.91 Å². The second-order valence-electron chi connectivity index (χ2n) is 8.00. The zero-order chi connectivity index (χ0) is 21.2. The second-order valence-corrected chi connectivity index (χ2v) is 8.00. The van der Waals surface area contributed by atoms with Gasteiger partial charge in [-0.05, 0) is 58.8 Å². The number of rotatable bonds is 5. The minimum Gasteiger partial charge on any atom is -0.350 e.